The molecule has 0 aliphatic carbocycles. The summed E-state index contributed by atoms with van der Waals surface area (Å²) in [5, 5.41) is 13.1. The van der Waals surface area contributed by atoms with Crippen LogP contribution in [0, 0.1) is 19.7 Å². The number of aliphatic hydroxyl groups excluding tert-OH is 1. The minimum atomic E-state index is -4.03. The van der Waals surface area contributed by atoms with Crippen molar-refractivity contribution in [3.05, 3.63) is 75.9 Å². The molecular formula is C20H21ClFN3O5S. The van der Waals surface area contributed by atoms with Crippen molar-refractivity contribution in [3.8, 4) is 5.69 Å². The molecule has 3 rings (SSSR count). The largest absolute Gasteiger partial charge is 0.442 e. The molecule has 0 saturated heterocycles. The fraction of sp³-hybridized carbons (Fsp3) is 0.300. The molecule has 166 valence electrons. The van der Waals surface area contributed by atoms with E-state index in [0.29, 0.717) is 5.56 Å². The molecule has 0 saturated carbocycles. The Balaban J connectivity index is 1.85. The number of hydrogen-bond donors (Lipinski definition) is 2. The molecular weight excluding hydrogens is 449 g/mol. The molecule has 0 amide bonds. The topological polar surface area (TPSA) is 114 Å². The van der Waals surface area contributed by atoms with Crippen LogP contribution in [0.1, 0.15) is 29.9 Å². The van der Waals surface area contributed by atoms with Gasteiger partial charge in [0.2, 0.25) is 15.9 Å². The van der Waals surface area contributed by atoms with Crippen molar-refractivity contribution in [1.82, 2.24) is 14.5 Å². The average Bonchev–Trinajstić information content (AvgIpc) is 3.11. The van der Waals surface area contributed by atoms with E-state index in [1.165, 1.54) is 37.3 Å². The number of sulfonamides is 1. The first-order valence-corrected chi connectivity index (χ1v) is 11.2. The van der Waals surface area contributed by atoms with Gasteiger partial charge in [-0.1, -0.05) is 31.2 Å². The van der Waals surface area contributed by atoms with Crippen LogP contribution in [-0.4, -0.2) is 34.9 Å². The molecule has 0 radical (unpaired) electrons. The summed E-state index contributed by atoms with van der Waals surface area (Å²) in [4.78, 5) is 12.3. The normalized spacial score (nSPS) is 14.9. The molecule has 11 heteroatoms. The van der Waals surface area contributed by atoms with Gasteiger partial charge in [-0.05, 0) is 43.2 Å². The standard InChI is InChI=1S/C20H21ClFN3O5S/c1-11-9-10-15(22)17(12(11)2)25-20(27)30-19(23-25)13(3)16(21)18(26)24-31(28,29)14-7-5-4-6-8-14/h4-10,13,16,18,24,26H,1-3H3/t13-,16?,18?/m1/s1. The third kappa shape index (κ3) is 4.72. The van der Waals surface area contributed by atoms with E-state index in [-0.39, 0.29) is 16.5 Å². The Labute approximate surface area is 183 Å². The van der Waals surface area contributed by atoms with E-state index in [9.17, 15) is 22.7 Å². The molecule has 3 aromatic rings. The lowest BCUT2D eigenvalue weighted by molar-refractivity contribution is 0.146. The molecule has 0 spiro atoms. The van der Waals surface area contributed by atoms with Crippen LogP contribution in [0.3, 0.4) is 0 Å². The van der Waals surface area contributed by atoms with Crippen LogP contribution in [-0.2, 0) is 10.0 Å². The van der Waals surface area contributed by atoms with E-state index < -0.39 is 39.1 Å². The first-order valence-electron chi connectivity index (χ1n) is 9.28. The van der Waals surface area contributed by atoms with E-state index >= 15 is 0 Å². The van der Waals surface area contributed by atoms with Crippen molar-refractivity contribution in [1.29, 1.82) is 0 Å². The van der Waals surface area contributed by atoms with Gasteiger partial charge in [-0.15, -0.1) is 16.7 Å². The van der Waals surface area contributed by atoms with Crippen molar-refractivity contribution in [2.24, 2.45) is 0 Å². The highest BCUT2D eigenvalue weighted by atomic mass is 35.5. The Kier molecular flexibility index (Phi) is 6.65. The van der Waals surface area contributed by atoms with E-state index in [1.807, 2.05) is 0 Å². The maximum absolute atomic E-state index is 14.4. The van der Waals surface area contributed by atoms with Gasteiger partial charge in [0.05, 0.1) is 16.2 Å². The zero-order chi connectivity index (χ0) is 22.9. The van der Waals surface area contributed by atoms with Crippen molar-refractivity contribution in [2.45, 2.75) is 43.2 Å². The van der Waals surface area contributed by atoms with Gasteiger partial charge in [0, 0.05) is 0 Å². The lowest BCUT2D eigenvalue weighted by atomic mass is 10.1. The quantitative estimate of drug-likeness (QED) is 0.406. The van der Waals surface area contributed by atoms with Crippen molar-refractivity contribution in [2.75, 3.05) is 0 Å². The fourth-order valence-electron chi connectivity index (χ4n) is 2.95. The summed E-state index contributed by atoms with van der Waals surface area (Å²) < 4.78 is 47.1. The number of halogens is 2. The molecule has 31 heavy (non-hydrogen) atoms. The Morgan fingerprint density at radius 1 is 1.19 bits per heavy atom. The number of nitrogens with zero attached hydrogens (tertiary/aromatic N) is 2. The Morgan fingerprint density at radius 2 is 1.84 bits per heavy atom. The monoisotopic (exact) mass is 469 g/mol. The molecule has 1 heterocycles. The molecule has 3 atom stereocenters. The molecule has 2 N–H and O–H groups in total. The Morgan fingerprint density at radius 3 is 2.48 bits per heavy atom. The summed E-state index contributed by atoms with van der Waals surface area (Å²) in [6.07, 6.45) is -1.71. The van der Waals surface area contributed by atoms with Crippen LogP contribution in [0.25, 0.3) is 5.69 Å². The third-order valence-corrected chi connectivity index (χ3v) is 6.99. The first kappa shape index (κ1) is 23.1. The predicted molar refractivity (Wildman–Crippen MR) is 112 cm³/mol. The average molecular weight is 470 g/mol. The van der Waals surface area contributed by atoms with Crippen LogP contribution >= 0.6 is 11.6 Å². The van der Waals surface area contributed by atoms with Gasteiger partial charge in [-0.25, -0.2) is 17.6 Å². The highest BCUT2D eigenvalue weighted by Gasteiger charge is 2.32. The second kappa shape index (κ2) is 8.91. The lowest BCUT2D eigenvalue weighted by Gasteiger charge is -2.21. The van der Waals surface area contributed by atoms with Crippen LogP contribution in [0.15, 0.2) is 56.6 Å². The SMILES string of the molecule is Cc1ccc(F)c(-n2nc([C@H](C)C(Cl)C(O)NS(=O)(=O)c3ccccc3)oc2=O)c1C. The van der Waals surface area contributed by atoms with Crippen molar-refractivity contribution >= 4 is 21.6 Å². The molecule has 2 aromatic carbocycles. The Bertz CT molecular complexity index is 1240. The van der Waals surface area contributed by atoms with E-state index in [2.05, 4.69) is 9.82 Å². The number of nitrogens with one attached hydrogen (secondary N) is 1. The van der Waals surface area contributed by atoms with E-state index in [4.69, 9.17) is 16.0 Å². The number of hydrogen-bond acceptors (Lipinski definition) is 6. The maximum atomic E-state index is 14.4. The highest BCUT2D eigenvalue weighted by molar-refractivity contribution is 7.89. The van der Waals surface area contributed by atoms with Crippen LogP contribution in [0.4, 0.5) is 4.39 Å². The highest BCUT2D eigenvalue weighted by Crippen LogP contribution is 2.26. The summed E-state index contributed by atoms with van der Waals surface area (Å²) in [7, 11) is -4.03. The number of aliphatic hydroxyl groups is 1. The predicted octanol–water partition coefficient (Wildman–Crippen LogP) is 2.59. The number of alkyl halides is 1. The van der Waals surface area contributed by atoms with Crippen LogP contribution in [0.5, 0.6) is 0 Å². The summed E-state index contributed by atoms with van der Waals surface area (Å²) in [5.41, 5.74) is 1.21. The molecule has 1 aromatic heterocycles. The smallest absolute Gasteiger partial charge is 0.392 e. The summed E-state index contributed by atoms with van der Waals surface area (Å²) in [6, 6.07) is 10.2. The molecule has 0 bridgehead atoms. The summed E-state index contributed by atoms with van der Waals surface area (Å²) >= 11 is 6.24. The first-order chi connectivity index (χ1) is 14.5. The maximum Gasteiger partial charge on any atom is 0.442 e. The summed E-state index contributed by atoms with van der Waals surface area (Å²) in [6.45, 7) is 4.90. The summed E-state index contributed by atoms with van der Waals surface area (Å²) in [5.74, 6) is -2.66. The number of aromatic nitrogens is 2. The van der Waals surface area contributed by atoms with Gasteiger partial charge < -0.3 is 9.52 Å². The van der Waals surface area contributed by atoms with Crippen LogP contribution < -0.4 is 10.5 Å². The van der Waals surface area contributed by atoms with Gasteiger partial charge in [-0.3, -0.25) is 0 Å². The lowest BCUT2D eigenvalue weighted by Crippen LogP contribution is -2.42. The zero-order valence-corrected chi connectivity index (χ0v) is 18.5. The molecule has 2 unspecified atom stereocenters. The third-order valence-electron chi connectivity index (χ3n) is 4.93. The minimum Gasteiger partial charge on any atom is -0.392 e. The minimum absolute atomic E-state index is 0.0493. The van der Waals surface area contributed by atoms with Gasteiger partial charge in [0.1, 0.15) is 17.7 Å². The Hall–Kier alpha value is -2.53. The number of benzene rings is 2. The van der Waals surface area contributed by atoms with Crippen molar-refractivity contribution in [3.63, 3.8) is 0 Å². The van der Waals surface area contributed by atoms with Gasteiger partial charge in [0.15, 0.2) is 0 Å². The second-order valence-electron chi connectivity index (χ2n) is 7.07. The van der Waals surface area contributed by atoms with Crippen LogP contribution in [0.2, 0.25) is 0 Å². The number of aryl methyl sites for hydroxylation is 1. The molecule has 0 aliphatic rings. The van der Waals surface area contributed by atoms with Gasteiger partial charge in [-0.2, -0.15) is 9.40 Å². The van der Waals surface area contributed by atoms with Crippen molar-refractivity contribution < 1.29 is 22.3 Å². The molecule has 8 nitrogen and oxygen atoms in total. The molecule has 0 fully saturated rings. The second-order valence-corrected chi connectivity index (χ2v) is 9.29. The number of rotatable bonds is 7. The fourth-order valence-corrected chi connectivity index (χ4v) is 4.31. The van der Waals surface area contributed by atoms with Gasteiger partial charge >= 0.3 is 5.76 Å². The van der Waals surface area contributed by atoms with E-state index in [1.54, 1.807) is 26.0 Å². The van der Waals surface area contributed by atoms with Gasteiger partial charge in [0.25, 0.3) is 0 Å². The molecule has 0 aliphatic heterocycles. The zero-order valence-electron chi connectivity index (χ0n) is 16.9. The van der Waals surface area contributed by atoms with E-state index in [0.717, 1.165) is 10.2 Å².